The Morgan fingerprint density at radius 1 is 0.978 bits per heavy atom. The second kappa shape index (κ2) is 15.2. The van der Waals surface area contributed by atoms with E-state index in [1.54, 1.807) is 42.5 Å². The van der Waals surface area contributed by atoms with Crippen LogP contribution in [0, 0.1) is 3.57 Å². The van der Waals surface area contributed by atoms with Crippen molar-refractivity contribution in [3.8, 4) is 22.8 Å². The summed E-state index contributed by atoms with van der Waals surface area (Å²) in [5, 5.41) is 13.5. The van der Waals surface area contributed by atoms with E-state index >= 15 is 0 Å². The fourth-order valence-corrected chi connectivity index (χ4v) is 5.81. The number of para-hydroxylation sites is 1. The summed E-state index contributed by atoms with van der Waals surface area (Å²) in [4.78, 5) is 29.8. The minimum Gasteiger partial charge on any atom is -0.493 e. The quantitative estimate of drug-likeness (QED) is 0.0709. The zero-order valence-electron chi connectivity index (χ0n) is 23.5. The molecule has 13 heteroatoms. The summed E-state index contributed by atoms with van der Waals surface area (Å²) in [6.07, 6.45) is 1.49. The SMILES string of the molecule is COc1cc(/C=N/NC(=O)c2ccc(-c3csc(Nc4ccccc4)n3)cc2)cc(I)c1OCC(=O)Nc1ccc(Cl)c(Cl)c1. The van der Waals surface area contributed by atoms with Gasteiger partial charge in [-0.3, -0.25) is 9.59 Å². The lowest BCUT2D eigenvalue weighted by Gasteiger charge is -2.13. The normalized spacial score (nSPS) is 10.8. The zero-order chi connectivity index (χ0) is 31.8. The topological polar surface area (TPSA) is 114 Å². The Bertz CT molecular complexity index is 1850. The van der Waals surface area contributed by atoms with E-state index < -0.39 is 0 Å². The van der Waals surface area contributed by atoms with Crippen LogP contribution in [0.5, 0.6) is 11.5 Å². The average molecular weight is 772 g/mol. The van der Waals surface area contributed by atoms with Crippen LogP contribution in [0.1, 0.15) is 15.9 Å². The van der Waals surface area contributed by atoms with Crippen molar-refractivity contribution in [1.29, 1.82) is 0 Å². The van der Waals surface area contributed by atoms with Crippen LogP contribution in [-0.2, 0) is 4.79 Å². The first-order valence-corrected chi connectivity index (χ1v) is 16.0. The lowest BCUT2D eigenvalue weighted by Crippen LogP contribution is -2.20. The number of benzene rings is 4. The number of hydrogen-bond donors (Lipinski definition) is 3. The maximum absolute atomic E-state index is 12.7. The van der Waals surface area contributed by atoms with Crippen LogP contribution in [0.4, 0.5) is 16.5 Å². The third kappa shape index (κ3) is 8.72. The molecule has 0 radical (unpaired) electrons. The highest BCUT2D eigenvalue weighted by Crippen LogP contribution is 2.34. The van der Waals surface area contributed by atoms with Gasteiger partial charge in [0, 0.05) is 27.9 Å². The monoisotopic (exact) mass is 771 g/mol. The highest BCUT2D eigenvalue weighted by Gasteiger charge is 2.14. The first-order chi connectivity index (χ1) is 21.8. The fraction of sp³-hybridized carbons (Fsp3) is 0.0625. The summed E-state index contributed by atoms with van der Waals surface area (Å²) >= 11 is 15.5. The van der Waals surface area contributed by atoms with Crippen LogP contribution in [0.25, 0.3) is 11.3 Å². The molecular weight excluding hydrogens is 748 g/mol. The Morgan fingerprint density at radius 3 is 2.49 bits per heavy atom. The van der Waals surface area contributed by atoms with Crippen LogP contribution in [0.15, 0.2) is 95.4 Å². The van der Waals surface area contributed by atoms with Crippen LogP contribution >= 0.6 is 57.1 Å². The number of nitrogens with zero attached hydrogens (tertiary/aromatic N) is 2. The predicted octanol–water partition coefficient (Wildman–Crippen LogP) is 8.26. The van der Waals surface area contributed by atoms with Gasteiger partial charge < -0.3 is 20.1 Å². The largest absolute Gasteiger partial charge is 0.493 e. The van der Waals surface area contributed by atoms with Crippen molar-refractivity contribution in [2.75, 3.05) is 24.4 Å². The van der Waals surface area contributed by atoms with Crippen molar-refractivity contribution >= 4 is 91.7 Å². The standard InChI is InChI=1S/C32H24Cl2IN5O4S/c1-43-28-14-19(13-26(35)30(28)44-17-29(41)37-23-11-12-24(33)25(34)15-23)16-36-40-31(42)21-9-7-20(8-10-21)27-18-45-32(39-27)38-22-5-3-2-4-6-22/h2-16,18H,17H2,1H3,(H,37,41)(H,38,39)(H,40,42)/b36-16+. The molecule has 0 atom stereocenters. The van der Waals surface area contributed by atoms with Crippen molar-refractivity contribution in [2.24, 2.45) is 5.10 Å². The molecule has 228 valence electrons. The molecule has 2 amide bonds. The molecule has 1 heterocycles. The summed E-state index contributed by atoms with van der Waals surface area (Å²) in [5.74, 6) is 0.0460. The van der Waals surface area contributed by atoms with Gasteiger partial charge in [-0.15, -0.1) is 11.3 Å². The Labute approximate surface area is 286 Å². The van der Waals surface area contributed by atoms with Crippen molar-refractivity contribution in [2.45, 2.75) is 0 Å². The van der Waals surface area contributed by atoms with E-state index in [9.17, 15) is 9.59 Å². The number of ether oxygens (including phenoxy) is 2. The maximum Gasteiger partial charge on any atom is 0.271 e. The number of aromatic nitrogens is 1. The van der Waals surface area contributed by atoms with Crippen LogP contribution < -0.4 is 25.5 Å². The molecule has 0 unspecified atom stereocenters. The molecule has 0 bridgehead atoms. The van der Waals surface area contributed by atoms with Gasteiger partial charge in [-0.05, 0) is 82.8 Å². The second-order valence-electron chi connectivity index (χ2n) is 9.31. The number of carbonyl (C=O) groups excluding carboxylic acids is 2. The molecule has 0 aliphatic rings. The number of halogens is 3. The van der Waals surface area contributed by atoms with Crippen molar-refractivity contribution in [1.82, 2.24) is 10.4 Å². The summed E-state index contributed by atoms with van der Waals surface area (Å²) in [6, 6.07) is 25.2. The number of carbonyl (C=O) groups is 2. The number of rotatable bonds is 11. The molecule has 4 aromatic carbocycles. The third-order valence-corrected chi connectivity index (χ3v) is 8.45. The number of methoxy groups -OCH3 is 1. The molecule has 0 fully saturated rings. The first kappa shape index (κ1) is 32.2. The highest BCUT2D eigenvalue weighted by atomic mass is 127. The van der Waals surface area contributed by atoms with Crippen LogP contribution in [-0.4, -0.2) is 36.7 Å². The summed E-state index contributed by atoms with van der Waals surface area (Å²) in [6.45, 7) is -0.261. The Kier molecular flexibility index (Phi) is 10.9. The molecular formula is C32H24Cl2IN5O4S. The van der Waals surface area contributed by atoms with Gasteiger partial charge in [0.1, 0.15) is 0 Å². The highest BCUT2D eigenvalue weighted by molar-refractivity contribution is 14.1. The number of anilines is 3. The number of hydrazone groups is 1. The smallest absolute Gasteiger partial charge is 0.271 e. The Hall–Kier alpha value is -4.17. The van der Waals surface area contributed by atoms with Gasteiger partial charge in [0.25, 0.3) is 11.8 Å². The van der Waals surface area contributed by atoms with Gasteiger partial charge in [-0.25, -0.2) is 10.4 Å². The van der Waals surface area contributed by atoms with E-state index in [1.165, 1.54) is 24.7 Å². The molecule has 45 heavy (non-hydrogen) atoms. The van der Waals surface area contributed by atoms with Gasteiger partial charge in [0.2, 0.25) is 0 Å². The van der Waals surface area contributed by atoms with Gasteiger partial charge in [0.05, 0.1) is 32.6 Å². The number of thiazole rings is 1. The summed E-state index contributed by atoms with van der Waals surface area (Å²) in [7, 11) is 1.49. The fourth-order valence-electron chi connectivity index (χ4n) is 3.99. The average Bonchev–Trinajstić information content (AvgIpc) is 3.51. The van der Waals surface area contributed by atoms with E-state index in [1.807, 2.05) is 47.8 Å². The van der Waals surface area contributed by atoms with Gasteiger partial charge in [0.15, 0.2) is 23.2 Å². The number of amides is 2. The minimum atomic E-state index is -0.385. The van der Waals surface area contributed by atoms with Crippen LogP contribution in [0.3, 0.4) is 0 Å². The molecule has 3 N–H and O–H groups in total. The lowest BCUT2D eigenvalue weighted by molar-refractivity contribution is -0.118. The lowest BCUT2D eigenvalue weighted by atomic mass is 10.1. The third-order valence-electron chi connectivity index (χ3n) is 6.15. The number of hydrogen-bond acceptors (Lipinski definition) is 8. The van der Waals surface area contributed by atoms with Gasteiger partial charge >= 0.3 is 0 Å². The van der Waals surface area contributed by atoms with Crippen molar-refractivity contribution < 1.29 is 19.1 Å². The van der Waals surface area contributed by atoms with E-state index in [0.29, 0.717) is 41.9 Å². The van der Waals surface area contributed by atoms with Crippen molar-refractivity contribution in [3.05, 3.63) is 115 Å². The maximum atomic E-state index is 12.7. The molecule has 0 saturated heterocycles. The van der Waals surface area contributed by atoms with E-state index in [-0.39, 0.29) is 18.4 Å². The van der Waals surface area contributed by atoms with Crippen molar-refractivity contribution in [3.63, 3.8) is 0 Å². The molecule has 5 rings (SSSR count). The molecule has 0 saturated carbocycles. The summed E-state index contributed by atoms with van der Waals surface area (Å²) in [5.41, 5.74) is 6.81. The van der Waals surface area contributed by atoms with Gasteiger partial charge in [-0.1, -0.05) is 53.5 Å². The summed E-state index contributed by atoms with van der Waals surface area (Å²) < 4.78 is 11.9. The molecule has 1 aromatic heterocycles. The Morgan fingerprint density at radius 2 is 1.76 bits per heavy atom. The molecule has 5 aromatic rings. The molecule has 9 nitrogen and oxygen atoms in total. The molecule has 0 spiro atoms. The number of nitrogens with one attached hydrogen (secondary N) is 3. The van der Waals surface area contributed by atoms with E-state index in [0.717, 1.165) is 22.1 Å². The Balaban J connectivity index is 1.15. The van der Waals surface area contributed by atoms with E-state index in [2.05, 4.69) is 48.7 Å². The first-order valence-electron chi connectivity index (χ1n) is 13.3. The zero-order valence-corrected chi connectivity index (χ0v) is 28.0. The van der Waals surface area contributed by atoms with E-state index in [4.69, 9.17) is 32.7 Å². The minimum absolute atomic E-state index is 0.261. The predicted molar refractivity (Wildman–Crippen MR) is 189 cm³/mol. The van der Waals surface area contributed by atoms with Crippen LogP contribution in [0.2, 0.25) is 10.0 Å². The molecule has 0 aliphatic heterocycles. The molecule has 0 aliphatic carbocycles. The van der Waals surface area contributed by atoms with Gasteiger partial charge in [-0.2, -0.15) is 5.10 Å². The second-order valence-corrected chi connectivity index (χ2v) is 12.1.